The van der Waals surface area contributed by atoms with Crippen molar-refractivity contribution in [2.45, 2.75) is 13.0 Å². The van der Waals surface area contributed by atoms with Crippen LogP contribution in [-0.2, 0) is 0 Å². The van der Waals surface area contributed by atoms with Crippen LogP contribution in [0.2, 0.25) is 0 Å². The maximum atomic E-state index is 13.5. The molecule has 36 heavy (non-hydrogen) atoms. The van der Waals surface area contributed by atoms with Crippen molar-refractivity contribution in [2.75, 3.05) is 44.2 Å². The van der Waals surface area contributed by atoms with Gasteiger partial charge in [0, 0.05) is 38.4 Å². The number of halogens is 1. The van der Waals surface area contributed by atoms with Crippen molar-refractivity contribution in [3.05, 3.63) is 96.2 Å². The summed E-state index contributed by atoms with van der Waals surface area (Å²) in [5, 5.41) is 5.00. The van der Waals surface area contributed by atoms with E-state index in [1.54, 1.807) is 6.26 Å². The summed E-state index contributed by atoms with van der Waals surface area (Å²) in [7, 11) is 0. The van der Waals surface area contributed by atoms with Crippen LogP contribution in [0.5, 0.6) is 5.75 Å². The van der Waals surface area contributed by atoms with Crippen LogP contribution in [0.15, 0.2) is 83.5 Å². The van der Waals surface area contributed by atoms with Crippen LogP contribution in [0, 0.1) is 5.82 Å². The maximum absolute atomic E-state index is 13.5. The molecule has 5 rings (SSSR count). The first kappa shape index (κ1) is 23.9. The first-order valence-electron chi connectivity index (χ1n) is 12.3. The smallest absolute Gasteiger partial charge is 0.255 e. The predicted octanol–water partition coefficient (Wildman–Crippen LogP) is 5.26. The van der Waals surface area contributed by atoms with Crippen LogP contribution in [0.25, 0.3) is 10.8 Å². The van der Waals surface area contributed by atoms with E-state index in [-0.39, 0.29) is 17.8 Å². The van der Waals surface area contributed by atoms with E-state index >= 15 is 0 Å². The van der Waals surface area contributed by atoms with Gasteiger partial charge in [0.1, 0.15) is 17.3 Å². The van der Waals surface area contributed by atoms with E-state index in [2.05, 4.69) is 15.1 Å². The van der Waals surface area contributed by atoms with Gasteiger partial charge in [-0.2, -0.15) is 0 Å². The zero-order valence-corrected chi connectivity index (χ0v) is 20.3. The van der Waals surface area contributed by atoms with E-state index in [0.29, 0.717) is 24.5 Å². The lowest BCUT2D eigenvalue weighted by atomic mass is 10.0. The Hall–Kier alpha value is -3.84. The normalized spacial score (nSPS) is 15.1. The number of nitrogens with one attached hydrogen (secondary N) is 1. The van der Waals surface area contributed by atoms with E-state index in [4.69, 9.17) is 9.15 Å². The minimum atomic E-state index is -0.232. The second kappa shape index (κ2) is 10.8. The summed E-state index contributed by atoms with van der Waals surface area (Å²) in [4.78, 5) is 18.1. The molecule has 0 spiro atoms. The fraction of sp³-hybridized carbons (Fsp3) is 0.276. The fourth-order valence-corrected chi connectivity index (χ4v) is 4.87. The molecule has 1 saturated heterocycles. The molecular weight excluding hydrogens is 457 g/mol. The molecule has 1 fully saturated rings. The molecule has 1 amide bonds. The predicted molar refractivity (Wildman–Crippen MR) is 139 cm³/mol. The Kier molecular flexibility index (Phi) is 7.18. The summed E-state index contributed by atoms with van der Waals surface area (Å²) in [5.41, 5.74) is 1.56. The van der Waals surface area contributed by atoms with Gasteiger partial charge in [-0.1, -0.05) is 30.3 Å². The molecule has 1 unspecified atom stereocenters. The maximum Gasteiger partial charge on any atom is 0.255 e. The highest BCUT2D eigenvalue weighted by Crippen LogP contribution is 2.29. The Bertz CT molecular complexity index is 1300. The number of hydrogen-bond donors (Lipinski definition) is 1. The van der Waals surface area contributed by atoms with Crippen LogP contribution in [0.3, 0.4) is 0 Å². The van der Waals surface area contributed by atoms with Gasteiger partial charge < -0.3 is 19.4 Å². The topological polar surface area (TPSA) is 58.0 Å². The van der Waals surface area contributed by atoms with Crippen LogP contribution in [0.4, 0.5) is 10.1 Å². The molecule has 1 N–H and O–H groups in total. The summed E-state index contributed by atoms with van der Waals surface area (Å²) >= 11 is 0. The molecule has 1 aliphatic rings. The molecule has 1 aromatic heterocycles. The largest absolute Gasteiger partial charge is 0.493 e. The highest BCUT2D eigenvalue weighted by Gasteiger charge is 2.28. The second-order valence-corrected chi connectivity index (χ2v) is 8.83. The Balaban J connectivity index is 1.32. The lowest BCUT2D eigenvalue weighted by Crippen LogP contribution is -2.49. The third-order valence-corrected chi connectivity index (χ3v) is 6.69. The SMILES string of the molecule is CCOc1ccc2ccccc2c1C(=O)NCC(c1ccco1)N1CCN(c2ccc(F)cc2)CC1. The molecule has 2 heterocycles. The zero-order valence-electron chi connectivity index (χ0n) is 20.3. The standard InChI is InChI=1S/C29H30FN3O3/c1-2-35-27-14-9-21-6-3-4-7-24(21)28(27)29(34)31-20-25(26-8-5-19-36-26)33-17-15-32(16-18-33)23-12-10-22(30)11-13-23/h3-14,19,25H,2,15-18,20H2,1H3,(H,31,34). The molecule has 0 saturated carbocycles. The Labute approximate surface area is 210 Å². The van der Waals surface area contributed by atoms with Crippen molar-refractivity contribution in [3.8, 4) is 5.75 Å². The third kappa shape index (κ3) is 5.06. The molecule has 0 radical (unpaired) electrons. The number of hydrogen-bond acceptors (Lipinski definition) is 5. The average molecular weight is 488 g/mol. The number of nitrogens with zero attached hydrogens (tertiary/aromatic N) is 2. The van der Waals surface area contributed by atoms with Crippen molar-refractivity contribution in [3.63, 3.8) is 0 Å². The van der Waals surface area contributed by atoms with Gasteiger partial charge in [-0.05, 0) is 60.2 Å². The molecule has 1 atom stereocenters. The van der Waals surface area contributed by atoms with Gasteiger partial charge in [0.25, 0.3) is 5.91 Å². The minimum absolute atomic E-state index is 0.107. The van der Waals surface area contributed by atoms with E-state index in [1.807, 2.05) is 67.6 Å². The monoisotopic (exact) mass is 487 g/mol. The summed E-state index contributed by atoms with van der Waals surface area (Å²) in [6, 6.07) is 22.0. The first-order valence-corrected chi connectivity index (χ1v) is 12.3. The molecule has 7 heteroatoms. The highest BCUT2D eigenvalue weighted by molar-refractivity contribution is 6.09. The van der Waals surface area contributed by atoms with Gasteiger partial charge in [-0.25, -0.2) is 4.39 Å². The van der Waals surface area contributed by atoms with Crippen LogP contribution in [-0.4, -0.2) is 50.1 Å². The van der Waals surface area contributed by atoms with Gasteiger partial charge in [-0.3, -0.25) is 9.69 Å². The molecular formula is C29H30FN3O3. The number of carbonyl (C=O) groups excluding carboxylic acids is 1. The molecule has 6 nitrogen and oxygen atoms in total. The molecule has 3 aromatic carbocycles. The Morgan fingerprint density at radius 3 is 2.50 bits per heavy atom. The van der Waals surface area contributed by atoms with Gasteiger partial charge >= 0.3 is 0 Å². The van der Waals surface area contributed by atoms with E-state index in [0.717, 1.165) is 48.4 Å². The number of rotatable bonds is 8. The fourth-order valence-electron chi connectivity index (χ4n) is 4.87. The molecule has 0 aliphatic carbocycles. The lowest BCUT2D eigenvalue weighted by molar-refractivity contribution is 0.0921. The number of ether oxygens (including phenoxy) is 1. The molecule has 1 aliphatic heterocycles. The van der Waals surface area contributed by atoms with Crippen molar-refractivity contribution < 1.29 is 18.3 Å². The van der Waals surface area contributed by atoms with Gasteiger partial charge in [0.05, 0.1) is 24.5 Å². The van der Waals surface area contributed by atoms with Crippen LogP contribution >= 0.6 is 0 Å². The zero-order chi connectivity index (χ0) is 24.9. The van der Waals surface area contributed by atoms with Crippen molar-refractivity contribution in [1.82, 2.24) is 10.2 Å². The van der Waals surface area contributed by atoms with E-state index in [9.17, 15) is 9.18 Å². The lowest BCUT2D eigenvalue weighted by Gasteiger charge is -2.39. The summed E-state index contributed by atoms with van der Waals surface area (Å²) < 4.78 is 24.9. The number of anilines is 1. The van der Waals surface area contributed by atoms with E-state index in [1.165, 1.54) is 12.1 Å². The first-order chi connectivity index (χ1) is 17.6. The van der Waals surface area contributed by atoms with Crippen molar-refractivity contribution in [2.24, 2.45) is 0 Å². The third-order valence-electron chi connectivity index (χ3n) is 6.69. The minimum Gasteiger partial charge on any atom is -0.493 e. The van der Waals surface area contributed by atoms with E-state index < -0.39 is 0 Å². The van der Waals surface area contributed by atoms with Crippen molar-refractivity contribution in [1.29, 1.82) is 0 Å². The summed E-state index contributed by atoms with van der Waals surface area (Å²) in [6.07, 6.45) is 1.66. The quantitative estimate of drug-likeness (QED) is 0.367. The molecule has 186 valence electrons. The summed E-state index contributed by atoms with van der Waals surface area (Å²) in [6.45, 7) is 5.97. The van der Waals surface area contributed by atoms with Gasteiger partial charge in [0.15, 0.2) is 0 Å². The Morgan fingerprint density at radius 1 is 1.00 bits per heavy atom. The number of furan rings is 1. The van der Waals surface area contributed by atoms with Crippen LogP contribution < -0.4 is 15.0 Å². The summed E-state index contributed by atoms with van der Waals surface area (Å²) in [5.74, 6) is 0.992. The highest BCUT2D eigenvalue weighted by atomic mass is 19.1. The second-order valence-electron chi connectivity index (χ2n) is 8.83. The van der Waals surface area contributed by atoms with Gasteiger partial charge in [0.2, 0.25) is 0 Å². The number of amides is 1. The average Bonchev–Trinajstić information content (AvgIpc) is 3.44. The van der Waals surface area contributed by atoms with Crippen molar-refractivity contribution >= 4 is 22.4 Å². The van der Waals surface area contributed by atoms with Crippen LogP contribution in [0.1, 0.15) is 29.1 Å². The number of carbonyl (C=O) groups is 1. The molecule has 4 aromatic rings. The number of piperazine rings is 1. The number of fused-ring (bicyclic) bond motifs is 1. The van der Waals surface area contributed by atoms with Gasteiger partial charge in [-0.15, -0.1) is 0 Å². The Morgan fingerprint density at radius 2 is 1.78 bits per heavy atom. The molecule has 0 bridgehead atoms. The number of benzene rings is 3.